The Balaban J connectivity index is 1.99. The van der Waals surface area contributed by atoms with Gasteiger partial charge in [-0.25, -0.2) is 0 Å². The van der Waals surface area contributed by atoms with E-state index in [1.54, 1.807) is 13.1 Å². The Hall–Kier alpha value is -2.43. The number of pyridine rings is 1. The van der Waals surface area contributed by atoms with Crippen LogP contribution in [0.3, 0.4) is 0 Å². The van der Waals surface area contributed by atoms with Crippen molar-refractivity contribution in [3.05, 3.63) is 42.1 Å². The topological polar surface area (TPSA) is 68.3 Å². The highest BCUT2D eigenvalue weighted by molar-refractivity contribution is 5.94. The molecule has 0 saturated carbocycles. The maximum absolute atomic E-state index is 11.6. The summed E-state index contributed by atoms with van der Waals surface area (Å²) in [6.45, 7) is 2.32. The van der Waals surface area contributed by atoms with Crippen LogP contribution >= 0.6 is 0 Å². The number of ether oxygens (including phenoxy) is 1. The van der Waals surface area contributed by atoms with Crippen molar-refractivity contribution in [1.82, 2.24) is 10.3 Å². The fraction of sp³-hybridized carbons (Fsp3) is 0.267. The number of aromatic nitrogens is 1. The summed E-state index contributed by atoms with van der Waals surface area (Å²) in [7, 11) is 0. The quantitative estimate of drug-likeness (QED) is 0.665. The molecule has 0 unspecified atom stereocenters. The number of rotatable bonds is 5. The molecule has 2 rings (SSSR count). The third-order valence-corrected chi connectivity index (χ3v) is 2.80. The molecule has 0 bridgehead atoms. The molecular formula is C15H16N2O3. The van der Waals surface area contributed by atoms with E-state index in [9.17, 15) is 9.59 Å². The van der Waals surface area contributed by atoms with Gasteiger partial charge < -0.3 is 10.1 Å². The SMILES string of the molecule is CCOC(=O)CC(=O)NCc1cccc2cccnc12. The molecule has 1 aromatic heterocycles. The van der Waals surface area contributed by atoms with Crippen LogP contribution in [0.2, 0.25) is 0 Å². The first-order valence-corrected chi connectivity index (χ1v) is 6.45. The highest BCUT2D eigenvalue weighted by Crippen LogP contribution is 2.15. The van der Waals surface area contributed by atoms with E-state index in [1.807, 2.05) is 30.3 Å². The summed E-state index contributed by atoms with van der Waals surface area (Å²) in [5, 5.41) is 3.72. The Bertz CT molecular complexity index is 620. The summed E-state index contributed by atoms with van der Waals surface area (Å²) in [5.74, 6) is -0.863. The third kappa shape index (κ3) is 3.54. The van der Waals surface area contributed by atoms with Crippen molar-refractivity contribution in [2.24, 2.45) is 0 Å². The molecule has 2 aromatic rings. The maximum atomic E-state index is 11.6. The van der Waals surface area contributed by atoms with Crippen molar-refractivity contribution < 1.29 is 14.3 Å². The van der Waals surface area contributed by atoms with Crippen molar-refractivity contribution in [2.75, 3.05) is 6.61 Å². The molecule has 0 saturated heterocycles. The number of hydrogen-bond donors (Lipinski definition) is 1. The summed E-state index contributed by atoms with van der Waals surface area (Å²) in [4.78, 5) is 27.1. The number of nitrogens with one attached hydrogen (secondary N) is 1. The number of carbonyl (C=O) groups excluding carboxylic acids is 2. The summed E-state index contributed by atoms with van der Waals surface area (Å²) in [6.07, 6.45) is 1.46. The normalized spacial score (nSPS) is 10.2. The van der Waals surface area contributed by atoms with Crippen molar-refractivity contribution >= 4 is 22.8 Å². The highest BCUT2D eigenvalue weighted by atomic mass is 16.5. The van der Waals surface area contributed by atoms with Gasteiger partial charge in [-0.3, -0.25) is 14.6 Å². The molecule has 1 N–H and O–H groups in total. The first-order valence-electron chi connectivity index (χ1n) is 6.45. The fourth-order valence-corrected chi connectivity index (χ4v) is 1.91. The van der Waals surface area contributed by atoms with Gasteiger partial charge in [0.1, 0.15) is 6.42 Å². The van der Waals surface area contributed by atoms with Crippen LogP contribution in [0.4, 0.5) is 0 Å². The minimum atomic E-state index is -0.513. The van der Waals surface area contributed by atoms with Crippen molar-refractivity contribution in [3.8, 4) is 0 Å². The molecule has 104 valence electrons. The number of para-hydroxylation sites is 1. The second kappa shape index (κ2) is 6.65. The zero-order valence-electron chi connectivity index (χ0n) is 11.3. The van der Waals surface area contributed by atoms with Gasteiger partial charge in [0.05, 0.1) is 12.1 Å². The van der Waals surface area contributed by atoms with Crippen LogP contribution in [0.25, 0.3) is 10.9 Å². The van der Waals surface area contributed by atoms with E-state index in [0.29, 0.717) is 6.54 Å². The number of amides is 1. The molecule has 1 heterocycles. The van der Waals surface area contributed by atoms with E-state index in [4.69, 9.17) is 4.74 Å². The number of carbonyl (C=O) groups is 2. The van der Waals surface area contributed by atoms with Gasteiger partial charge in [0.2, 0.25) is 5.91 Å². The van der Waals surface area contributed by atoms with E-state index in [2.05, 4.69) is 10.3 Å². The molecule has 5 heteroatoms. The molecule has 20 heavy (non-hydrogen) atoms. The number of benzene rings is 1. The lowest BCUT2D eigenvalue weighted by Crippen LogP contribution is -2.26. The van der Waals surface area contributed by atoms with Gasteiger partial charge in [-0.1, -0.05) is 24.3 Å². The van der Waals surface area contributed by atoms with Crippen molar-refractivity contribution in [2.45, 2.75) is 19.9 Å². The molecule has 0 fully saturated rings. The van der Waals surface area contributed by atoms with Gasteiger partial charge in [0.25, 0.3) is 0 Å². The standard InChI is InChI=1S/C15H16N2O3/c1-2-20-14(19)9-13(18)17-10-12-6-3-5-11-7-4-8-16-15(11)12/h3-8H,2,9-10H2,1H3,(H,17,18). The van der Waals surface area contributed by atoms with Crippen LogP contribution in [-0.4, -0.2) is 23.5 Å². The predicted octanol–water partition coefficient (Wildman–Crippen LogP) is 1.80. The molecule has 0 aliphatic rings. The molecule has 0 radical (unpaired) electrons. The molecule has 5 nitrogen and oxygen atoms in total. The summed E-state index contributed by atoms with van der Waals surface area (Å²) < 4.78 is 4.72. The Kier molecular flexibility index (Phi) is 4.65. The molecule has 0 spiro atoms. The third-order valence-electron chi connectivity index (χ3n) is 2.80. The van der Waals surface area contributed by atoms with Gasteiger partial charge in [-0.05, 0) is 18.6 Å². The Morgan fingerprint density at radius 1 is 1.25 bits per heavy atom. The van der Waals surface area contributed by atoms with E-state index in [0.717, 1.165) is 16.5 Å². The molecule has 0 aliphatic heterocycles. The van der Waals surface area contributed by atoms with Crippen molar-refractivity contribution in [3.63, 3.8) is 0 Å². The summed E-state index contributed by atoms with van der Waals surface area (Å²) in [6, 6.07) is 9.61. The smallest absolute Gasteiger partial charge is 0.315 e. The Morgan fingerprint density at radius 2 is 2.05 bits per heavy atom. The van der Waals surface area contributed by atoms with Gasteiger partial charge in [0, 0.05) is 18.1 Å². The first-order chi connectivity index (χ1) is 9.70. The average molecular weight is 272 g/mol. The van der Waals surface area contributed by atoms with Crippen LogP contribution in [0.1, 0.15) is 18.9 Å². The number of fused-ring (bicyclic) bond motifs is 1. The number of nitrogens with zero attached hydrogens (tertiary/aromatic N) is 1. The van der Waals surface area contributed by atoms with Crippen LogP contribution in [-0.2, 0) is 20.9 Å². The fourth-order valence-electron chi connectivity index (χ4n) is 1.91. The monoisotopic (exact) mass is 272 g/mol. The lowest BCUT2D eigenvalue weighted by Gasteiger charge is -2.07. The van der Waals surface area contributed by atoms with Crippen molar-refractivity contribution in [1.29, 1.82) is 0 Å². The minimum Gasteiger partial charge on any atom is -0.466 e. The largest absolute Gasteiger partial charge is 0.466 e. The van der Waals surface area contributed by atoms with Crippen LogP contribution in [0.15, 0.2) is 36.5 Å². The zero-order valence-corrected chi connectivity index (χ0v) is 11.3. The molecular weight excluding hydrogens is 256 g/mol. The predicted molar refractivity (Wildman–Crippen MR) is 74.8 cm³/mol. The molecule has 1 amide bonds. The van der Waals surface area contributed by atoms with Crippen LogP contribution in [0, 0.1) is 0 Å². The average Bonchev–Trinajstić information content (AvgIpc) is 2.45. The maximum Gasteiger partial charge on any atom is 0.315 e. The lowest BCUT2D eigenvalue weighted by molar-refractivity contribution is -0.145. The Morgan fingerprint density at radius 3 is 2.85 bits per heavy atom. The van der Waals surface area contributed by atoms with Gasteiger partial charge in [0.15, 0.2) is 0 Å². The van der Waals surface area contributed by atoms with E-state index in [-0.39, 0.29) is 18.9 Å². The van der Waals surface area contributed by atoms with Gasteiger partial charge in [-0.15, -0.1) is 0 Å². The zero-order chi connectivity index (χ0) is 14.4. The summed E-state index contributed by atoms with van der Waals surface area (Å²) >= 11 is 0. The first kappa shape index (κ1) is 14.0. The second-order valence-corrected chi connectivity index (χ2v) is 4.25. The van der Waals surface area contributed by atoms with Gasteiger partial charge >= 0.3 is 5.97 Å². The van der Waals surface area contributed by atoms with Crippen LogP contribution in [0.5, 0.6) is 0 Å². The lowest BCUT2D eigenvalue weighted by atomic mass is 10.1. The Labute approximate surface area is 117 Å². The minimum absolute atomic E-state index is 0.258. The highest BCUT2D eigenvalue weighted by Gasteiger charge is 2.10. The van der Waals surface area contributed by atoms with E-state index in [1.165, 1.54) is 0 Å². The molecule has 0 aliphatic carbocycles. The summed E-state index contributed by atoms with van der Waals surface area (Å²) in [5.41, 5.74) is 1.77. The van der Waals surface area contributed by atoms with E-state index < -0.39 is 5.97 Å². The second-order valence-electron chi connectivity index (χ2n) is 4.25. The van der Waals surface area contributed by atoms with E-state index >= 15 is 0 Å². The van der Waals surface area contributed by atoms with Gasteiger partial charge in [-0.2, -0.15) is 0 Å². The number of hydrogen-bond acceptors (Lipinski definition) is 4. The number of esters is 1. The molecule has 0 atom stereocenters. The molecule has 1 aromatic carbocycles. The van der Waals surface area contributed by atoms with Crippen LogP contribution < -0.4 is 5.32 Å².